The van der Waals surface area contributed by atoms with Gasteiger partial charge in [-0.05, 0) is 13.8 Å². The first-order valence-corrected chi connectivity index (χ1v) is 6.15. The first-order chi connectivity index (χ1) is 9.08. The fraction of sp³-hybridized carbons (Fsp3) is 0.385. The molecule has 2 heterocycles. The van der Waals surface area contributed by atoms with Crippen molar-refractivity contribution in [1.29, 1.82) is 0 Å². The molecule has 0 fully saturated rings. The summed E-state index contributed by atoms with van der Waals surface area (Å²) in [5, 5.41) is 0. The van der Waals surface area contributed by atoms with E-state index < -0.39 is 0 Å². The number of hydrogen-bond acceptors (Lipinski definition) is 5. The summed E-state index contributed by atoms with van der Waals surface area (Å²) in [6.45, 7) is 4.38. The van der Waals surface area contributed by atoms with Crippen LogP contribution in [0.4, 0.5) is 5.95 Å². The molecule has 1 atom stereocenters. The maximum absolute atomic E-state index is 11.6. The average Bonchev–Trinajstić information content (AvgIpc) is 2.70. The van der Waals surface area contributed by atoms with Gasteiger partial charge in [0, 0.05) is 12.1 Å². The molecule has 0 bridgehead atoms. The Labute approximate surface area is 110 Å². The van der Waals surface area contributed by atoms with Crippen LogP contribution in [0.1, 0.15) is 19.9 Å². The molecule has 0 saturated carbocycles. The van der Waals surface area contributed by atoms with Crippen molar-refractivity contribution in [2.24, 2.45) is 0 Å². The van der Waals surface area contributed by atoms with Crippen LogP contribution in [0, 0.1) is 0 Å². The summed E-state index contributed by atoms with van der Waals surface area (Å²) >= 11 is 0. The van der Waals surface area contributed by atoms with Gasteiger partial charge in [-0.1, -0.05) is 0 Å². The molecule has 3 rings (SSSR count). The smallest absolute Gasteiger partial charge is 0.201 e. The molecule has 1 aliphatic heterocycles. The van der Waals surface area contributed by atoms with E-state index in [1.807, 2.05) is 6.07 Å². The molecule has 0 amide bonds. The molecule has 1 aromatic carbocycles. The lowest BCUT2D eigenvalue weighted by atomic mass is 10.2. The summed E-state index contributed by atoms with van der Waals surface area (Å²) in [6.07, 6.45) is 0. The van der Waals surface area contributed by atoms with Crippen molar-refractivity contribution >= 4 is 22.8 Å². The second kappa shape index (κ2) is 4.15. The Morgan fingerprint density at radius 2 is 2.00 bits per heavy atom. The molecule has 19 heavy (non-hydrogen) atoms. The zero-order chi connectivity index (χ0) is 13.6. The van der Waals surface area contributed by atoms with Crippen molar-refractivity contribution in [3.05, 3.63) is 12.1 Å². The molecule has 2 aromatic rings. The van der Waals surface area contributed by atoms with Crippen LogP contribution in [-0.4, -0.2) is 28.5 Å². The highest BCUT2D eigenvalue weighted by atomic mass is 16.6. The van der Waals surface area contributed by atoms with Gasteiger partial charge in [-0.3, -0.25) is 4.79 Å². The number of anilines is 1. The Kier molecular flexibility index (Phi) is 2.58. The molecule has 6 heteroatoms. The summed E-state index contributed by atoms with van der Waals surface area (Å²) < 4.78 is 12.8. The largest absolute Gasteiger partial charge is 0.486 e. The third-order valence-corrected chi connectivity index (χ3v) is 3.36. The summed E-state index contributed by atoms with van der Waals surface area (Å²) in [5.41, 5.74) is 7.39. The van der Waals surface area contributed by atoms with Crippen LogP contribution in [0.3, 0.4) is 0 Å². The van der Waals surface area contributed by atoms with Gasteiger partial charge < -0.3 is 19.8 Å². The van der Waals surface area contributed by atoms with E-state index in [1.54, 1.807) is 17.6 Å². The van der Waals surface area contributed by atoms with Gasteiger partial charge in [0.15, 0.2) is 17.3 Å². The molecule has 0 aliphatic carbocycles. The van der Waals surface area contributed by atoms with Crippen LogP contribution in [0.2, 0.25) is 0 Å². The number of ether oxygens (including phenoxy) is 2. The summed E-state index contributed by atoms with van der Waals surface area (Å²) in [7, 11) is 0. The first kappa shape index (κ1) is 11.8. The van der Waals surface area contributed by atoms with Crippen LogP contribution < -0.4 is 15.2 Å². The number of hydrogen-bond donors (Lipinski definition) is 1. The summed E-state index contributed by atoms with van der Waals surface area (Å²) in [5.74, 6) is 1.68. The van der Waals surface area contributed by atoms with Gasteiger partial charge in [0.1, 0.15) is 13.2 Å². The lowest BCUT2D eigenvalue weighted by molar-refractivity contribution is -0.119. The number of fused-ring (bicyclic) bond motifs is 2. The van der Waals surface area contributed by atoms with Gasteiger partial charge in [0.05, 0.1) is 17.1 Å². The van der Waals surface area contributed by atoms with Gasteiger partial charge in [-0.2, -0.15) is 0 Å². The first-order valence-electron chi connectivity index (χ1n) is 6.15. The van der Waals surface area contributed by atoms with Crippen LogP contribution in [0.5, 0.6) is 11.5 Å². The third kappa shape index (κ3) is 1.80. The zero-order valence-electron chi connectivity index (χ0n) is 10.8. The van der Waals surface area contributed by atoms with E-state index in [0.29, 0.717) is 36.2 Å². The highest BCUT2D eigenvalue weighted by molar-refractivity contribution is 5.87. The molecule has 1 aromatic heterocycles. The number of nitrogens with two attached hydrogens (primary N) is 1. The number of Topliss-reactive ketones (excluding diaryl/α,β-unsaturated/α-hetero) is 1. The molecular formula is C13H15N3O3. The summed E-state index contributed by atoms with van der Waals surface area (Å²) in [6, 6.07) is 3.27. The van der Waals surface area contributed by atoms with Crippen LogP contribution in [-0.2, 0) is 4.79 Å². The maximum Gasteiger partial charge on any atom is 0.201 e. The number of carbonyl (C=O) groups excluding carboxylic acids is 1. The number of nitrogen functional groups attached to an aromatic ring is 1. The van der Waals surface area contributed by atoms with Crippen LogP contribution >= 0.6 is 0 Å². The van der Waals surface area contributed by atoms with Gasteiger partial charge in [0.25, 0.3) is 0 Å². The highest BCUT2D eigenvalue weighted by Crippen LogP contribution is 2.36. The number of benzene rings is 1. The number of ketones is 1. The lowest BCUT2D eigenvalue weighted by Crippen LogP contribution is -2.17. The maximum atomic E-state index is 11.6. The Morgan fingerprint density at radius 3 is 2.63 bits per heavy atom. The van der Waals surface area contributed by atoms with Crippen molar-refractivity contribution in [3.8, 4) is 11.5 Å². The van der Waals surface area contributed by atoms with E-state index in [0.717, 1.165) is 5.52 Å². The number of rotatable bonds is 2. The van der Waals surface area contributed by atoms with Crippen LogP contribution in [0.15, 0.2) is 12.1 Å². The normalized spacial score (nSPS) is 15.5. The van der Waals surface area contributed by atoms with Gasteiger partial charge in [-0.15, -0.1) is 0 Å². The Bertz CT molecular complexity index is 663. The lowest BCUT2D eigenvalue weighted by Gasteiger charge is -2.19. The number of aromatic nitrogens is 2. The third-order valence-electron chi connectivity index (χ3n) is 3.36. The van der Waals surface area contributed by atoms with E-state index in [4.69, 9.17) is 15.2 Å². The number of imidazole rings is 1. The Balaban J connectivity index is 2.22. The predicted octanol–water partition coefficient (Wildman–Crippen LogP) is 1.54. The van der Waals surface area contributed by atoms with Crippen molar-refractivity contribution in [2.75, 3.05) is 18.9 Å². The SMILES string of the molecule is CC(=O)C(C)n1c(N)nc2cc3c(cc21)OCCO3. The van der Waals surface area contributed by atoms with Gasteiger partial charge in [-0.25, -0.2) is 4.98 Å². The van der Waals surface area contributed by atoms with E-state index in [2.05, 4.69) is 4.98 Å². The monoisotopic (exact) mass is 261 g/mol. The molecule has 0 spiro atoms. The zero-order valence-corrected chi connectivity index (χ0v) is 10.8. The number of carbonyl (C=O) groups is 1. The van der Waals surface area contributed by atoms with Crippen molar-refractivity contribution in [1.82, 2.24) is 9.55 Å². The fourth-order valence-corrected chi connectivity index (χ4v) is 2.24. The van der Waals surface area contributed by atoms with Crippen LogP contribution in [0.25, 0.3) is 11.0 Å². The van der Waals surface area contributed by atoms with E-state index in [9.17, 15) is 4.79 Å². The summed E-state index contributed by atoms with van der Waals surface area (Å²) in [4.78, 5) is 15.8. The highest BCUT2D eigenvalue weighted by Gasteiger charge is 2.21. The molecule has 2 N–H and O–H groups in total. The molecule has 1 aliphatic rings. The van der Waals surface area contributed by atoms with Crippen molar-refractivity contribution < 1.29 is 14.3 Å². The molecule has 0 saturated heterocycles. The van der Waals surface area contributed by atoms with E-state index in [1.165, 1.54) is 6.92 Å². The van der Waals surface area contributed by atoms with Gasteiger partial charge in [0.2, 0.25) is 5.95 Å². The topological polar surface area (TPSA) is 79.4 Å². The minimum Gasteiger partial charge on any atom is -0.486 e. The van der Waals surface area contributed by atoms with Crippen molar-refractivity contribution in [3.63, 3.8) is 0 Å². The molecule has 6 nitrogen and oxygen atoms in total. The van der Waals surface area contributed by atoms with Crippen molar-refractivity contribution in [2.45, 2.75) is 19.9 Å². The predicted molar refractivity (Wildman–Crippen MR) is 70.5 cm³/mol. The minimum atomic E-state index is -0.354. The Hall–Kier alpha value is -2.24. The standard InChI is InChI=1S/C13H15N3O3/c1-7(8(2)17)16-10-6-12-11(18-3-4-19-12)5-9(10)15-13(16)14/h5-7H,3-4H2,1-2H3,(H2,14,15). The molecular weight excluding hydrogens is 246 g/mol. The Morgan fingerprint density at radius 1 is 1.37 bits per heavy atom. The van der Waals surface area contributed by atoms with E-state index >= 15 is 0 Å². The molecule has 100 valence electrons. The molecule has 0 radical (unpaired) electrons. The quantitative estimate of drug-likeness (QED) is 0.887. The van der Waals surface area contributed by atoms with Gasteiger partial charge >= 0.3 is 0 Å². The fourth-order valence-electron chi connectivity index (χ4n) is 2.24. The molecule has 1 unspecified atom stereocenters. The average molecular weight is 261 g/mol. The van der Waals surface area contributed by atoms with E-state index in [-0.39, 0.29) is 11.8 Å². The number of nitrogens with zero attached hydrogens (tertiary/aromatic N) is 2. The second-order valence-corrected chi connectivity index (χ2v) is 4.61. The second-order valence-electron chi connectivity index (χ2n) is 4.61. The minimum absolute atomic E-state index is 0.0286.